The molecule has 1 aliphatic rings. The molecule has 3 aromatic rings. The second-order valence-electron chi connectivity index (χ2n) is 11.1. The van der Waals surface area contributed by atoms with Crippen molar-refractivity contribution in [3.63, 3.8) is 0 Å². The van der Waals surface area contributed by atoms with Gasteiger partial charge in [-0.3, -0.25) is 9.69 Å². The standard InChI is InChI=1S/C29H30F3N7O4.CH2O2/c1-17-24(26(41)43-6)25(22-11-10-18(14-33)12-19(22)15-39(4,5)16-23(40)36(2)3)38-27(34-35-28(38)42)37(17)21-9-7-8-20(13-21)29(30,31)32;2-1-3/h7-13,25H,15-16H2,1-6H3;1H,(H,2,3)/t25-;/m1./s1. The van der Waals surface area contributed by atoms with Crippen LogP contribution in [0.3, 0.4) is 0 Å². The molecule has 46 heavy (non-hydrogen) atoms. The molecule has 16 heteroatoms. The molecule has 1 N–H and O–H groups in total. The van der Waals surface area contributed by atoms with Gasteiger partial charge in [0.25, 0.3) is 5.91 Å². The van der Waals surface area contributed by atoms with Crippen molar-refractivity contribution in [2.24, 2.45) is 0 Å². The van der Waals surface area contributed by atoms with E-state index >= 15 is 0 Å². The number of quaternary nitrogens is 1. The maximum absolute atomic E-state index is 13.6. The SMILES string of the molecule is COC(=O)C1=C(C)N(c2cccc(C(F)(F)F)c2)c2n[nH]c(=O)n2[C@@H]1c1ccc(C#N)cc1C[N+](C)(C)CC(=O)N(C)C.O=C[O-]. The van der Waals surface area contributed by atoms with Crippen LogP contribution in [0.15, 0.2) is 58.5 Å². The van der Waals surface area contributed by atoms with Crippen LogP contribution in [0.2, 0.25) is 0 Å². The van der Waals surface area contributed by atoms with Gasteiger partial charge in [0.1, 0.15) is 12.6 Å². The van der Waals surface area contributed by atoms with Crippen molar-refractivity contribution >= 4 is 30.0 Å². The molecule has 0 saturated heterocycles. The fraction of sp³-hybridized carbons (Fsp3) is 0.333. The van der Waals surface area contributed by atoms with E-state index < -0.39 is 35.9 Å². The normalized spacial score (nSPS) is 14.4. The van der Waals surface area contributed by atoms with E-state index in [2.05, 4.69) is 16.3 Å². The Hall–Kier alpha value is -5.43. The molecule has 13 nitrogen and oxygen atoms in total. The number of rotatable bonds is 7. The van der Waals surface area contributed by atoms with E-state index in [9.17, 15) is 32.8 Å². The first-order valence-corrected chi connectivity index (χ1v) is 13.5. The summed E-state index contributed by atoms with van der Waals surface area (Å²) in [5, 5.41) is 24.4. The Morgan fingerprint density at radius 3 is 2.43 bits per heavy atom. The van der Waals surface area contributed by atoms with Gasteiger partial charge < -0.3 is 24.0 Å². The first-order valence-electron chi connectivity index (χ1n) is 13.5. The Kier molecular flexibility index (Phi) is 10.4. The third-order valence-electron chi connectivity index (χ3n) is 7.21. The van der Waals surface area contributed by atoms with Gasteiger partial charge in [0.15, 0.2) is 6.54 Å². The number of alkyl halides is 3. The number of ether oxygens (including phenoxy) is 1. The van der Waals surface area contributed by atoms with Crippen LogP contribution in [0.5, 0.6) is 0 Å². The number of likely N-dealkylation sites (N-methyl/N-ethyl adjacent to an activating group) is 2. The number of hydrogen-bond acceptors (Lipinski definition) is 9. The summed E-state index contributed by atoms with van der Waals surface area (Å²) in [7, 11) is 8.11. The van der Waals surface area contributed by atoms with Gasteiger partial charge in [-0.05, 0) is 42.8 Å². The summed E-state index contributed by atoms with van der Waals surface area (Å²) in [5.74, 6) is -0.992. The summed E-state index contributed by atoms with van der Waals surface area (Å²) in [6.45, 7) is 1.38. The number of allylic oxidation sites excluding steroid dienone is 1. The number of aromatic amines is 1. The summed E-state index contributed by atoms with van der Waals surface area (Å²) >= 11 is 0. The number of fused-ring (bicyclic) bond motifs is 1. The number of nitrogens with one attached hydrogen (secondary N) is 1. The molecule has 1 aromatic heterocycles. The first-order chi connectivity index (χ1) is 21.5. The molecule has 2 aromatic carbocycles. The Balaban J connectivity index is 0.00000185. The lowest BCUT2D eigenvalue weighted by atomic mass is 9.89. The molecule has 2 heterocycles. The summed E-state index contributed by atoms with van der Waals surface area (Å²) in [4.78, 5) is 50.3. The number of halogens is 3. The smallest absolute Gasteiger partial charge is 0.416 e. The number of nitrogens with zero attached hydrogens (tertiary/aromatic N) is 6. The van der Waals surface area contributed by atoms with Crippen molar-refractivity contribution in [2.75, 3.05) is 46.7 Å². The maximum atomic E-state index is 13.6. The molecular formula is C30H32F3N7O6. The average Bonchev–Trinajstić information content (AvgIpc) is 3.36. The molecule has 0 saturated carbocycles. The molecule has 0 spiro atoms. The number of anilines is 2. The zero-order valence-electron chi connectivity index (χ0n) is 25.9. The van der Waals surface area contributed by atoms with Gasteiger partial charge in [-0.1, -0.05) is 12.1 Å². The van der Waals surface area contributed by atoms with E-state index in [-0.39, 0.29) is 46.4 Å². The average molecular weight is 644 g/mol. The van der Waals surface area contributed by atoms with Gasteiger partial charge >= 0.3 is 17.8 Å². The lowest BCUT2D eigenvalue weighted by Crippen LogP contribution is -2.47. The third kappa shape index (κ3) is 7.26. The van der Waals surface area contributed by atoms with E-state index in [0.29, 0.717) is 16.7 Å². The van der Waals surface area contributed by atoms with Crippen LogP contribution in [0.25, 0.3) is 0 Å². The van der Waals surface area contributed by atoms with E-state index in [0.717, 1.165) is 19.2 Å². The Labute approximate surface area is 261 Å². The van der Waals surface area contributed by atoms with Crippen molar-refractivity contribution in [2.45, 2.75) is 25.7 Å². The van der Waals surface area contributed by atoms with E-state index in [1.807, 2.05) is 14.1 Å². The number of hydrogen-bond donors (Lipinski definition) is 1. The lowest BCUT2D eigenvalue weighted by Gasteiger charge is -2.37. The zero-order chi connectivity index (χ0) is 34.6. The van der Waals surface area contributed by atoms with Crippen LogP contribution in [0.4, 0.5) is 24.8 Å². The topological polar surface area (TPSA) is 164 Å². The Morgan fingerprint density at radius 2 is 1.87 bits per heavy atom. The van der Waals surface area contributed by atoms with Crippen LogP contribution < -0.4 is 15.7 Å². The molecule has 0 fully saturated rings. The number of H-pyrrole nitrogens is 1. The molecule has 0 radical (unpaired) electrons. The van der Waals surface area contributed by atoms with Crippen LogP contribution in [0.1, 0.15) is 35.2 Å². The van der Waals surface area contributed by atoms with Crippen molar-refractivity contribution in [1.29, 1.82) is 5.26 Å². The molecule has 0 bridgehead atoms. The number of nitriles is 1. The minimum atomic E-state index is -4.64. The van der Waals surface area contributed by atoms with Crippen molar-refractivity contribution in [3.8, 4) is 6.07 Å². The van der Waals surface area contributed by atoms with Crippen molar-refractivity contribution in [1.82, 2.24) is 19.7 Å². The monoisotopic (exact) mass is 643 g/mol. The molecule has 0 unspecified atom stereocenters. The summed E-state index contributed by atoms with van der Waals surface area (Å²) in [5.41, 5.74) is -0.113. The lowest BCUT2D eigenvalue weighted by molar-refractivity contribution is -0.896. The molecular weight excluding hydrogens is 611 g/mol. The summed E-state index contributed by atoms with van der Waals surface area (Å²) in [6.07, 6.45) is -4.64. The van der Waals surface area contributed by atoms with Crippen LogP contribution in [-0.2, 0) is 31.8 Å². The Morgan fingerprint density at radius 1 is 1.22 bits per heavy atom. The predicted octanol–water partition coefficient (Wildman–Crippen LogP) is 1.68. The predicted molar refractivity (Wildman–Crippen MR) is 156 cm³/mol. The molecule has 0 aliphatic carbocycles. The van der Waals surface area contributed by atoms with Gasteiger partial charge in [-0.25, -0.2) is 19.3 Å². The van der Waals surface area contributed by atoms with Gasteiger partial charge in [-0.15, -0.1) is 5.10 Å². The summed E-state index contributed by atoms with van der Waals surface area (Å²) in [6, 6.07) is 10.2. The summed E-state index contributed by atoms with van der Waals surface area (Å²) < 4.78 is 47.3. The highest BCUT2D eigenvalue weighted by molar-refractivity contribution is 5.93. The number of carbonyl (C=O) groups excluding carboxylic acids is 3. The molecule has 1 aliphatic heterocycles. The quantitative estimate of drug-likeness (QED) is 0.229. The van der Waals surface area contributed by atoms with E-state index in [4.69, 9.17) is 14.6 Å². The number of esters is 1. The van der Waals surface area contributed by atoms with Gasteiger partial charge in [0.2, 0.25) is 5.95 Å². The van der Waals surface area contributed by atoms with Crippen LogP contribution >= 0.6 is 0 Å². The minimum Gasteiger partial charge on any atom is -0.554 e. The van der Waals surface area contributed by atoms with E-state index in [1.165, 1.54) is 39.5 Å². The van der Waals surface area contributed by atoms with Crippen LogP contribution in [0, 0.1) is 11.3 Å². The fourth-order valence-corrected chi connectivity index (χ4v) is 5.18. The van der Waals surface area contributed by atoms with Gasteiger partial charge in [-0.2, -0.15) is 18.4 Å². The number of aromatic nitrogens is 3. The highest BCUT2D eigenvalue weighted by Gasteiger charge is 2.41. The zero-order valence-corrected chi connectivity index (χ0v) is 25.9. The fourth-order valence-electron chi connectivity index (χ4n) is 5.18. The largest absolute Gasteiger partial charge is 0.554 e. The first kappa shape index (κ1) is 35.1. The van der Waals surface area contributed by atoms with Crippen LogP contribution in [-0.4, -0.2) is 84.3 Å². The maximum Gasteiger partial charge on any atom is 0.416 e. The third-order valence-corrected chi connectivity index (χ3v) is 7.21. The van der Waals surface area contributed by atoms with Gasteiger partial charge in [0.05, 0.1) is 44.0 Å². The molecule has 4 rings (SSSR count). The highest BCUT2D eigenvalue weighted by Crippen LogP contribution is 2.43. The van der Waals surface area contributed by atoms with E-state index in [1.54, 1.807) is 26.2 Å². The Bertz CT molecular complexity index is 1770. The molecule has 244 valence electrons. The van der Waals surface area contributed by atoms with Crippen molar-refractivity contribution < 1.29 is 41.9 Å². The second-order valence-corrected chi connectivity index (χ2v) is 11.1. The number of benzene rings is 2. The van der Waals surface area contributed by atoms with Gasteiger partial charge in [0, 0.05) is 37.5 Å². The molecule has 1 atom stereocenters. The molecule has 1 amide bonds. The second kappa shape index (κ2) is 13.7. The number of methoxy groups -OCH3 is 1. The number of carboxylic acid groups (broad SMARTS) is 1. The van der Waals surface area contributed by atoms with Crippen molar-refractivity contribution in [3.05, 3.63) is 86.5 Å². The number of carbonyl (C=O) groups is 3. The highest BCUT2D eigenvalue weighted by atomic mass is 19.4. The minimum absolute atomic E-state index is 0.0171. The number of amides is 1.